The second-order valence-electron chi connectivity index (χ2n) is 6.56. The highest BCUT2D eigenvalue weighted by Crippen LogP contribution is 2.26. The van der Waals surface area contributed by atoms with Crippen LogP contribution in [0.4, 0.5) is 0 Å². The summed E-state index contributed by atoms with van der Waals surface area (Å²) in [4.78, 5) is 16.4. The molecule has 2 atom stereocenters. The van der Waals surface area contributed by atoms with Crippen LogP contribution in [0.1, 0.15) is 39.2 Å². The molecular weight excluding hydrogens is 282 g/mol. The van der Waals surface area contributed by atoms with Crippen molar-refractivity contribution in [1.29, 1.82) is 0 Å². The summed E-state index contributed by atoms with van der Waals surface area (Å²) in [6, 6.07) is 4.01. The molecule has 2 N–H and O–H groups in total. The Balaban J connectivity index is 1.82. The summed E-state index contributed by atoms with van der Waals surface area (Å²) in [6.45, 7) is 6.96. The van der Waals surface area contributed by atoms with Crippen LogP contribution in [0.3, 0.4) is 0 Å². The third-order valence-electron chi connectivity index (χ3n) is 3.38. The average Bonchev–Trinajstić information content (AvgIpc) is 2.45. The highest BCUT2D eigenvalue weighted by atomic mass is 32.2. The second-order valence-corrected chi connectivity index (χ2v) is 7.85. The molecule has 2 heterocycles. The monoisotopic (exact) mass is 307 g/mol. The number of nitrogens with one attached hydrogen (secondary N) is 2. The molecule has 0 saturated carbocycles. The molecule has 1 aliphatic rings. The first kappa shape index (κ1) is 16.3. The van der Waals surface area contributed by atoms with Gasteiger partial charge in [-0.05, 0) is 51.8 Å². The third-order valence-corrected chi connectivity index (χ3v) is 4.78. The van der Waals surface area contributed by atoms with E-state index in [-0.39, 0.29) is 17.5 Å². The first-order valence-corrected chi connectivity index (χ1v) is 8.55. The lowest BCUT2D eigenvalue weighted by atomic mass is 10.0. The summed E-state index contributed by atoms with van der Waals surface area (Å²) in [5.74, 6) is 1.08. The van der Waals surface area contributed by atoms with Gasteiger partial charge in [0.05, 0.1) is 6.04 Å². The van der Waals surface area contributed by atoms with Gasteiger partial charge in [-0.2, -0.15) is 11.8 Å². The minimum atomic E-state index is -0.172. The fourth-order valence-electron chi connectivity index (χ4n) is 2.39. The number of carbonyl (C=O) groups excluding carboxylic acids is 1. The smallest absolute Gasteiger partial charge is 0.237 e. The minimum absolute atomic E-state index is 0.0654. The molecule has 116 valence electrons. The number of pyridine rings is 1. The van der Waals surface area contributed by atoms with Gasteiger partial charge in [-0.1, -0.05) is 6.07 Å². The predicted octanol–water partition coefficient (Wildman–Crippen LogP) is 2.35. The molecule has 5 heteroatoms. The van der Waals surface area contributed by atoms with Crippen LogP contribution in [0.15, 0.2) is 24.5 Å². The molecule has 1 amide bonds. The molecule has 2 rings (SSSR count). The zero-order chi connectivity index (χ0) is 15.3. The Morgan fingerprint density at radius 3 is 3.00 bits per heavy atom. The Morgan fingerprint density at radius 1 is 1.52 bits per heavy atom. The minimum Gasteiger partial charge on any atom is -0.350 e. The Kier molecular flexibility index (Phi) is 5.65. The lowest BCUT2D eigenvalue weighted by molar-refractivity contribution is -0.125. The largest absolute Gasteiger partial charge is 0.350 e. The summed E-state index contributed by atoms with van der Waals surface area (Å²) in [5, 5.41) is 6.92. The van der Waals surface area contributed by atoms with Crippen LogP contribution < -0.4 is 10.6 Å². The molecule has 1 aliphatic heterocycles. The van der Waals surface area contributed by atoms with Crippen molar-refractivity contribution in [2.45, 2.75) is 56.2 Å². The highest BCUT2D eigenvalue weighted by Gasteiger charge is 2.28. The molecule has 1 saturated heterocycles. The fourth-order valence-corrected chi connectivity index (χ4v) is 3.60. The molecule has 0 spiro atoms. The van der Waals surface area contributed by atoms with Crippen molar-refractivity contribution >= 4 is 17.7 Å². The molecular formula is C16H25N3OS. The molecule has 0 aliphatic carbocycles. The van der Waals surface area contributed by atoms with Gasteiger partial charge in [0, 0.05) is 28.9 Å². The normalized spacial score (nSPS) is 22.8. The van der Waals surface area contributed by atoms with Crippen LogP contribution in [0, 0.1) is 0 Å². The van der Waals surface area contributed by atoms with Crippen molar-refractivity contribution in [3.8, 4) is 0 Å². The van der Waals surface area contributed by atoms with Crippen molar-refractivity contribution in [2.75, 3.05) is 6.54 Å². The molecule has 1 fully saturated rings. The Hall–Kier alpha value is -1.07. The van der Waals surface area contributed by atoms with Crippen LogP contribution in [-0.4, -0.2) is 34.3 Å². The van der Waals surface area contributed by atoms with E-state index >= 15 is 0 Å². The van der Waals surface area contributed by atoms with E-state index in [0.717, 1.165) is 25.1 Å². The highest BCUT2D eigenvalue weighted by molar-refractivity contribution is 7.99. The molecule has 21 heavy (non-hydrogen) atoms. The number of hydrogen-bond donors (Lipinski definition) is 2. The second kappa shape index (κ2) is 7.27. The summed E-state index contributed by atoms with van der Waals surface area (Å²) >= 11 is 1.93. The van der Waals surface area contributed by atoms with Crippen molar-refractivity contribution in [1.82, 2.24) is 15.6 Å². The fraction of sp³-hybridized carbons (Fsp3) is 0.625. The number of thioether (sulfide) groups is 1. The van der Waals surface area contributed by atoms with E-state index in [4.69, 9.17) is 0 Å². The van der Waals surface area contributed by atoms with Crippen LogP contribution in [0.5, 0.6) is 0 Å². The maximum absolute atomic E-state index is 12.2. The van der Waals surface area contributed by atoms with Crippen molar-refractivity contribution in [2.24, 2.45) is 0 Å². The standard InChI is InChI=1S/C16H25N3OS/c1-16(2,3)19-15(20)14-9-13(6-8-18-14)21-11-12-5-4-7-17-10-12/h4-5,7,10,13-14,18H,6,8-9,11H2,1-3H3,(H,19,20)/t13-,14+/m1/s1. The summed E-state index contributed by atoms with van der Waals surface area (Å²) in [5.41, 5.74) is 1.07. The van der Waals surface area contributed by atoms with Gasteiger partial charge >= 0.3 is 0 Å². The SMILES string of the molecule is CC(C)(C)NC(=O)[C@@H]1C[C@H](SCc2cccnc2)CCN1. The van der Waals surface area contributed by atoms with Crippen molar-refractivity contribution in [3.05, 3.63) is 30.1 Å². The number of carbonyl (C=O) groups is 1. The molecule has 1 aromatic heterocycles. The molecule has 0 bridgehead atoms. The van der Waals surface area contributed by atoms with E-state index in [1.165, 1.54) is 5.56 Å². The van der Waals surface area contributed by atoms with Gasteiger partial charge in [-0.3, -0.25) is 9.78 Å². The maximum atomic E-state index is 12.2. The Labute approximate surface area is 131 Å². The van der Waals surface area contributed by atoms with E-state index in [1.807, 2.05) is 44.8 Å². The molecule has 4 nitrogen and oxygen atoms in total. The van der Waals surface area contributed by atoms with Gasteiger partial charge in [0.1, 0.15) is 0 Å². The first-order valence-electron chi connectivity index (χ1n) is 7.50. The van der Waals surface area contributed by atoms with E-state index in [1.54, 1.807) is 6.20 Å². The van der Waals surface area contributed by atoms with E-state index in [9.17, 15) is 4.79 Å². The Bertz CT molecular complexity index is 458. The van der Waals surface area contributed by atoms with E-state index < -0.39 is 0 Å². The van der Waals surface area contributed by atoms with Crippen LogP contribution >= 0.6 is 11.8 Å². The van der Waals surface area contributed by atoms with Crippen LogP contribution in [-0.2, 0) is 10.5 Å². The Morgan fingerprint density at radius 2 is 2.33 bits per heavy atom. The number of amides is 1. The van der Waals surface area contributed by atoms with Crippen molar-refractivity contribution in [3.63, 3.8) is 0 Å². The summed E-state index contributed by atoms with van der Waals surface area (Å²) < 4.78 is 0. The molecule has 0 unspecified atom stereocenters. The van der Waals surface area contributed by atoms with Gasteiger partial charge in [-0.25, -0.2) is 0 Å². The van der Waals surface area contributed by atoms with Gasteiger partial charge in [0.25, 0.3) is 0 Å². The molecule has 0 radical (unpaired) electrons. The topological polar surface area (TPSA) is 54.0 Å². The lowest BCUT2D eigenvalue weighted by Gasteiger charge is -2.31. The zero-order valence-corrected chi connectivity index (χ0v) is 13.9. The lowest BCUT2D eigenvalue weighted by Crippen LogP contribution is -2.53. The quantitative estimate of drug-likeness (QED) is 0.896. The van der Waals surface area contributed by atoms with Gasteiger partial charge < -0.3 is 10.6 Å². The van der Waals surface area contributed by atoms with Gasteiger partial charge in [0.2, 0.25) is 5.91 Å². The van der Waals surface area contributed by atoms with Gasteiger partial charge in [0.15, 0.2) is 0 Å². The first-order chi connectivity index (χ1) is 9.94. The zero-order valence-electron chi connectivity index (χ0n) is 13.1. The number of aromatic nitrogens is 1. The van der Waals surface area contributed by atoms with Crippen molar-refractivity contribution < 1.29 is 4.79 Å². The summed E-state index contributed by atoms with van der Waals surface area (Å²) in [6.07, 6.45) is 5.72. The van der Waals surface area contributed by atoms with E-state index in [0.29, 0.717) is 5.25 Å². The number of rotatable bonds is 4. The van der Waals surface area contributed by atoms with E-state index in [2.05, 4.69) is 21.7 Å². The van der Waals surface area contributed by atoms with Crippen LogP contribution in [0.2, 0.25) is 0 Å². The predicted molar refractivity (Wildman–Crippen MR) is 88.2 cm³/mol. The van der Waals surface area contributed by atoms with Crippen LogP contribution in [0.25, 0.3) is 0 Å². The number of piperidine rings is 1. The third kappa shape index (κ3) is 5.67. The summed E-state index contributed by atoms with van der Waals surface area (Å²) in [7, 11) is 0. The van der Waals surface area contributed by atoms with Gasteiger partial charge in [-0.15, -0.1) is 0 Å². The molecule has 0 aromatic carbocycles. The average molecular weight is 307 g/mol. The number of nitrogens with zero attached hydrogens (tertiary/aromatic N) is 1. The molecule has 1 aromatic rings. The maximum Gasteiger partial charge on any atom is 0.237 e. The number of hydrogen-bond acceptors (Lipinski definition) is 4.